The number of nitrogens with one attached hydrogen (secondary N) is 1. The molecule has 3 N–H and O–H groups in total. The molecule has 24 heavy (non-hydrogen) atoms. The van der Waals surface area contributed by atoms with Gasteiger partial charge in [-0.2, -0.15) is 0 Å². The Morgan fingerprint density at radius 2 is 2.04 bits per heavy atom. The SMILES string of the molecule is CNS(=O)(=O)c1ccc(/C=C/C(=O)N2CCCC(C(C)N)C2)cc1. The first-order chi connectivity index (χ1) is 11.3. The fourth-order valence-electron chi connectivity index (χ4n) is 2.79. The molecule has 0 aliphatic carbocycles. The van der Waals surface area contributed by atoms with E-state index in [1.54, 1.807) is 18.2 Å². The number of carbonyl (C=O) groups excluding carboxylic acids is 1. The van der Waals surface area contributed by atoms with Gasteiger partial charge in [0, 0.05) is 25.2 Å². The average Bonchev–Trinajstić information content (AvgIpc) is 2.60. The third kappa shape index (κ3) is 4.66. The maximum absolute atomic E-state index is 12.3. The normalized spacial score (nSPS) is 20.3. The second kappa shape index (κ2) is 7.92. The Labute approximate surface area is 143 Å². The third-order valence-corrected chi connectivity index (χ3v) is 5.82. The number of carbonyl (C=O) groups is 1. The van der Waals surface area contributed by atoms with E-state index in [-0.39, 0.29) is 16.8 Å². The summed E-state index contributed by atoms with van der Waals surface area (Å²) in [5.41, 5.74) is 6.72. The predicted octanol–water partition coefficient (Wildman–Crippen LogP) is 1.19. The molecule has 1 aromatic rings. The third-order valence-electron chi connectivity index (χ3n) is 4.39. The van der Waals surface area contributed by atoms with Gasteiger partial charge in [0.1, 0.15) is 0 Å². The molecule has 0 radical (unpaired) electrons. The number of likely N-dealkylation sites (tertiary alicyclic amines) is 1. The molecular formula is C17H25N3O3S. The highest BCUT2D eigenvalue weighted by Gasteiger charge is 2.24. The maximum Gasteiger partial charge on any atom is 0.246 e. The highest BCUT2D eigenvalue weighted by molar-refractivity contribution is 7.89. The molecule has 2 atom stereocenters. The first kappa shape index (κ1) is 18.6. The van der Waals surface area contributed by atoms with Crippen molar-refractivity contribution in [2.24, 2.45) is 11.7 Å². The number of sulfonamides is 1. The molecule has 132 valence electrons. The molecular weight excluding hydrogens is 326 g/mol. The molecule has 1 aromatic carbocycles. The van der Waals surface area contributed by atoms with Gasteiger partial charge in [-0.05, 0) is 56.5 Å². The van der Waals surface area contributed by atoms with E-state index in [1.165, 1.54) is 25.3 Å². The molecule has 1 fully saturated rings. The largest absolute Gasteiger partial charge is 0.339 e. The highest BCUT2D eigenvalue weighted by atomic mass is 32.2. The van der Waals surface area contributed by atoms with E-state index in [9.17, 15) is 13.2 Å². The molecule has 1 amide bonds. The Morgan fingerprint density at radius 3 is 2.62 bits per heavy atom. The van der Waals surface area contributed by atoms with Crippen LogP contribution in [0, 0.1) is 5.92 Å². The number of nitrogens with zero attached hydrogens (tertiary/aromatic N) is 1. The fraction of sp³-hybridized carbons (Fsp3) is 0.471. The first-order valence-corrected chi connectivity index (χ1v) is 9.58. The monoisotopic (exact) mass is 351 g/mol. The van der Waals surface area contributed by atoms with Gasteiger partial charge >= 0.3 is 0 Å². The smallest absolute Gasteiger partial charge is 0.246 e. The minimum absolute atomic E-state index is 0.0349. The summed E-state index contributed by atoms with van der Waals surface area (Å²) in [6.45, 7) is 3.43. The lowest BCUT2D eigenvalue weighted by atomic mass is 9.92. The standard InChI is InChI=1S/C17H25N3O3S/c1-13(18)15-4-3-11-20(12-15)17(21)10-7-14-5-8-16(9-6-14)24(22,23)19-2/h5-10,13,15,19H,3-4,11-12,18H2,1-2H3/b10-7+. The van der Waals surface area contributed by atoms with Crippen LogP contribution in [0.1, 0.15) is 25.3 Å². The van der Waals surface area contributed by atoms with Crippen LogP contribution in [0.5, 0.6) is 0 Å². The average molecular weight is 351 g/mol. The molecule has 6 nitrogen and oxygen atoms in total. The molecule has 1 aliphatic heterocycles. The zero-order chi connectivity index (χ0) is 17.7. The van der Waals surface area contributed by atoms with Crippen LogP contribution in [0.15, 0.2) is 35.2 Å². The van der Waals surface area contributed by atoms with Crippen LogP contribution in [0.2, 0.25) is 0 Å². The van der Waals surface area contributed by atoms with E-state index < -0.39 is 10.0 Å². The van der Waals surface area contributed by atoms with Gasteiger partial charge in [0.2, 0.25) is 15.9 Å². The van der Waals surface area contributed by atoms with Crippen molar-refractivity contribution in [1.29, 1.82) is 0 Å². The molecule has 2 rings (SSSR count). The second-order valence-corrected chi connectivity index (χ2v) is 8.04. The number of benzene rings is 1. The van der Waals surface area contributed by atoms with Crippen LogP contribution in [-0.4, -0.2) is 45.4 Å². The van der Waals surface area contributed by atoms with E-state index in [0.29, 0.717) is 12.5 Å². The van der Waals surface area contributed by atoms with Crippen LogP contribution in [0.3, 0.4) is 0 Å². The molecule has 7 heteroatoms. The quantitative estimate of drug-likeness (QED) is 0.780. The van der Waals surface area contributed by atoms with Crippen LogP contribution in [0.25, 0.3) is 6.08 Å². The van der Waals surface area contributed by atoms with Gasteiger partial charge in [-0.3, -0.25) is 4.79 Å². The van der Waals surface area contributed by atoms with Gasteiger partial charge < -0.3 is 10.6 Å². The van der Waals surface area contributed by atoms with E-state index in [0.717, 1.165) is 24.9 Å². The van der Waals surface area contributed by atoms with E-state index in [2.05, 4.69) is 4.72 Å². The van der Waals surface area contributed by atoms with E-state index >= 15 is 0 Å². The Kier molecular flexibility index (Phi) is 6.15. The van der Waals surface area contributed by atoms with E-state index in [1.807, 2.05) is 11.8 Å². The van der Waals surface area contributed by atoms with Gasteiger partial charge in [-0.25, -0.2) is 13.1 Å². The molecule has 1 aliphatic rings. The number of rotatable bonds is 5. The lowest BCUT2D eigenvalue weighted by Gasteiger charge is -2.34. The molecule has 2 unspecified atom stereocenters. The predicted molar refractivity (Wildman–Crippen MR) is 94.7 cm³/mol. The summed E-state index contributed by atoms with van der Waals surface area (Å²) < 4.78 is 25.6. The Bertz CT molecular complexity index is 696. The highest BCUT2D eigenvalue weighted by Crippen LogP contribution is 2.19. The van der Waals surface area contributed by atoms with Crippen molar-refractivity contribution in [2.45, 2.75) is 30.7 Å². The van der Waals surface area contributed by atoms with Crippen LogP contribution in [-0.2, 0) is 14.8 Å². The van der Waals surface area contributed by atoms with Gasteiger partial charge in [0.05, 0.1) is 4.90 Å². The molecule has 1 saturated heterocycles. The van der Waals surface area contributed by atoms with Gasteiger partial charge in [-0.1, -0.05) is 12.1 Å². The van der Waals surface area contributed by atoms with Gasteiger partial charge in [0.15, 0.2) is 0 Å². The topological polar surface area (TPSA) is 92.5 Å². The van der Waals surface area contributed by atoms with Crippen LogP contribution in [0.4, 0.5) is 0 Å². The molecule has 1 heterocycles. The van der Waals surface area contributed by atoms with Crippen molar-refractivity contribution in [2.75, 3.05) is 20.1 Å². The summed E-state index contributed by atoms with van der Waals surface area (Å²) in [5, 5.41) is 0. The maximum atomic E-state index is 12.3. The van der Waals surface area contributed by atoms with Crippen molar-refractivity contribution in [1.82, 2.24) is 9.62 Å². The number of hydrogen-bond acceptors (Lipinski definition) is 4. The van der Waals surface area contributed by atoms with Gasteiger partial charge in [0.25, 0.3) is 0 Å². The summed E-state index contributed by atoms with van der Waals surface area (Å²) in [5.74, 6) is 0.314. The molecule has 0 saturated carbocycles. The minimum atomic E-state index is -3.44. The molecule has 0 aromatic heterocycles. The number of amides is 1. The minimum Gasteiger partial charge on any atom is -0.339 e. The number of piperidine rings is 1. The van der Waals surface area contributed by atoms with Crippen LogP contribution >= 0.6 is 0 Å². The summed E-state index contributed by atoms with van der Waals surface area (Å²) in [7, 11) is -2.07. The van der Waals surface area contributed by atoms with Crippen molar-refractivity contribution < 1.29 is 13.2 Å². The Hall–Kier alpha value is -1.70. The summed E-state index contributed by atoms with van der Waals surface area (Å²) >= 11 is 0. The number of nitrogens with two attached hydrogens (primary N) is 1. The summed E-state index contributed by atoms with van der Waals surface area (Å²) in [6, 6.07) is 6.47. The van der Waals surface area contributed by atoms with E-state index in [4.69, 9.17) is 5.73 Å². The van der Waals surface area contributed by atoms with Crippen LogP contribution < -0.4 is 10.5 Å². The summed E-state index contributed by atoms with van der Waals surface area (Å²) in [4.78, 5) is 14.3. The zero-order valence-electron chi connectivity index (χ0n) is 14.1. The van der Waals surface area contributed by atoms with Crippen molar-refractivity contribution in [3.8, 4) is 0 Å². The van der Waals surface area contributed by atoms with Crippen molar-refractivity contribution in [3.63, 3.8) is 0 Å². The second-order valence-electron chi connectivity index (χ2n) is 6.16. The Morgan fingerprint density at radius 1 is 1.38 bits per heavy atom. The fourth-order valence-corrected chi connectivity index (χ4v) is 3.52. The summed E-state index contributed by atoms with van der Waals surface area (Å²) in [6.07, 6.45) is 5.27. The molecule has 0 spiro atoms. The first-order valence-electron chi connectivity index (χ1n) is 8.09. The zero-order valence-corrected chi connectivity index (χ0v) is 14.9. The van der Waals surface area contributed by atoms with Gasteiger partial charge in [-0.15, -0.1) is 0 Å². The van der Waals surface area contributed by atoms with Crippen molar-refractivity contribution >= 4 is 22.0 Å². The lowest BCUT2D eigenvalue weighted by Crippen LogP contribution is -2.44. The number of hydrogen-bond donors (Lipinski definition) is 2. The van der Waals surface area contributed by atoms with Crippen molar-refractivity contribution in [3.05, 3.63) is 35.9 Å². The Balaban J connectivity index is 2.01. The lowest BCUT2D eigenvalue weighted by molar-refractivity contribution is -0.127. The molecule has 0 bridgehead atoms.